The number of hydrogen-bond acceptors (Lipinski definition) is 5. The molecule has 0 fully saturated rings. The highest BCUT2D eigenvalue weighted by molar-refractivity contribution is 6.00. The zero-order valence-electron chi connectivity index (χ0n) is 16.2. The SMILES string of the molecule is CCC(=O)c1ccc(OCC(=O)OC(C)C(=O)c2ccc3c(c2)CCC3)cc1. The minimum absolute atomic E-state index is 0.0462. The van der Waals surface area contributed by atoms with Crippen molar-refractivity contribution in [3.63, 3.8) is 0 Å². The lowest BCUT2D eigenvalue weighted by molar-refractivity contribution is -0.148. The number of carbonyl (C=O) groups is 3. The maximum absolute atomic E-state index is 12.5. The lowest BCUT2D eigenvalue weighted by atomic mass is 10.0. The van der Waals surface area contributed by atoms with Crippen LogP contribution < -0.4 is 4.74 Å². The Bertz CT molecular complexity index is 882. The number of Topliss-reactive ketones (excluding diaryl/α,β-unsaturated/α-hetero) is 2. The first-order valence-electron chi connectivity index (χ1n) is 9.59. The van der Waals surface area contributed by atoms with Crippen molar-refractivity contribution in [2.75, 3.05) is 6.61 Å². The Labute approximate surface area is 164 Å². The quantitative estimate of drug-likeness (QED) is 0.512. The molecule has 1 atom stereocenters. The van der Waals surface area contributed by atoms with Gasteiger partial charge in [-0.3, -0.25) is 9.59 Å². The molecule has 0 heterocycles. The highest BCUT2D eigenvalue weighted by Crippen LogP contribution is 2.23. The average molecular weight is 380 g/mol. The van der Waals surface area contributed by atoms with Crippen LogP contribution in [0.2, 0.25) is 0 Å². The fourth-order valence-corrected chi connectivity index (χ4v) is 3.33. The second-order valence-electron chi connectivity index (χ2n) is 6.92. The van der Waals surface area contributed by atoms with Gasteiger partial charge in [-0.25, -0.2) is 4.79 Å². The number of carbonyl (C=O) groups excluding carboxylic acids is 3. The summed E-state index contributed by atoms with van der Waals surface area (Å²) in [5, 5.41) is 0. The molecule has 2 aromatic rings. The van der Waals surface area contributed by atoms with Gasteiger partial charge in [-0.15, -0.1) is 0 Å². The number of benzene rings is 2. The van der Waals surface area contributed by atoms with E-state index in [1.54, 1.807) is 44.2 Å². The minimum atomic E-state index is -0.875. The van der Waals surface area contributed by atoms with E-state index in [1.165, 1.54) is 11.1 Å². The van der Waals surface area contributed by atoms with E-state index in [2.05, 4.69) is 0 Å². The van der Waals surface area contributed by atoms with Gasteiger partial charge < -0.3 is 9.47 Å². The summed E-state index contributed by atoms with van der Waals surface area (Å²) in [7, 11) is 0. The third-order valence-corrected chi connectivity index (χ3v) is 4.91. The molecule has 0 radical (unpaired) electrons. The maximum Gasteiger partial charge on any atom is 0.344 e. The molecule has 5 heteroatoms. The lowest BCUT2D eigenvalue weighted by Gasteiger charge is -2.13. The molecule has 28 heavy (non-hydrogen) atoms. The molecule has 0 aromatic heterocycles. The summed E-state index contributed by atoms with van der Waals surface area (Å²) >= 11 is 0. The van der Waals surface area contributed by atoms with Crippen LogP contribution in [0, 0.1) is 0 Å². The monoisotopic (exact) mass is 380 g/mol. The summed E-state index contributed by atoms with van der Waals surface area (Å²) < 4.78 is 10.6. The first kappa shape index (κ1) is 19.8. The predicted molar refractivity (Wildman–Crippen MR) is 105 cm³/mol. The summed E-state index contributed by atoms with van der Waals surface area (Å²) in [6.45, 7) is 3.06. The number of rotatable bonds is 8. The zero-order chi connectivity index (χ0) is 20.1. The van der Waals surface area contributed by atoms with Gasteiger partial charge in [-0.2, -0.15) is 0 Å². The molecule has 3 rings (SSSR count). The van der Waals surface area contributed by atoms with Crippen molar-refractivity contribution in [3.05, 3.63) is 64.7 Å². The molecule has 1 aliphatic rings. The average Bonchev–Trinajstić information content (AvgIpc) is 3.19. The second kappa shape index (κ2) is 8.83. The molecule has 1 unspecified atom stereocenters. The minimum Gasteiger partial charge on any atom is -0.482 e. The van der Waals surface area contributed by atoms with Gasteiger partial charge in [-0.05, 0) is 67.6 Å². The first-order valence-corrected chi connectivity index (χ1v) is 9.59. The summed E-state index contributed by atoms with van der Waals surface area (Å²) in [5.41, 5.74) is 3.67. The summed E-state index contributed by atoms with van der Waals surface area (Å²) in [5.74, 6) is -0.326. The van der Waals surface area contributed by atoms with E-state index in [0.717, 1.165) is 19.3 Å². The van der Waals surface area contributed by atoms with Crippen molar-refractivity contribution in [2.45, 2.75) is 45.6 Å². The van der Waals surface area contributed by atoms with Gasteiger partial charge in [0.1, 0.15) is 5.75 Å². The van der Waals surface area contributed by atoms with Crippen LogP contribution in [0.15, 0.2) is 42.5 Å². The van der Waals surface area contributed by atoms with Crippen molar-refractivity contribution < 1.29 is 23.9 Å². The van der Waals surface area contributed by atoms with Crippen LogP contribution >= 0.6 is 0 Å². The molecule has 0 aliphatic heterocycles. The van der Waals surface area contributed by atoms with Crippen molar-refractivity contribution in [1.29, 1.82) is 0 Å². The maximum atomic E-state index is 12.5. The van der Waals surface area contributed by atoms with Crippen LogP contribution in [0.4, 0.5) is 0 Å². The molecular weight excluding hydrogens is 356 g/mol. The molecule has 0 amide bonds. The van der Waals surface area contributed by atoms with Crippen LogP contribution in [0.25, 0.3) is 0 Å². The van der Waals surface area contributed by atoms with Gasteiger partial charge >= 0.3 is 5.97 Å². The van der Waals surface area contributed by atoms with Crippen molar-refractivity contribution in [3.8, 4) is 5.75 Å². The van der Waals surface area contributed by atoms with E-state index in [4.69, 9.17) is 9.47 Å². The van der Waals surface area contributed by atoms with Crippen LogP contribution in [-0.2, 0) is 22.4 Å². The molecular formula is C23H24O5. The third kappa shape index (κ3) is 4.66. The second-order valence-corrected chi connectivity index (χ2v) is 6.92. The Morgan fingerprint density at radius 3 is 2.36 bits per heavy atom. The Morgan fingerprint density at radius 1 is 0.964 bits per heavy atom. The highest BCUT2D eigenvalue weighted by Gasteiger charge is 2.21. The van der Waals surface area contributed by atoms with E-state index in [-0.39, 0.29) is 18.2 Å². The molecule has 146 valence electrons. The lowest BCUT2D eigenvalue weighted by Crippen LogP contribution is -2.27. The molecule has 5 nitrogen and oxygen atoms in total. The summed E-state index contributed by atoms with van der Waals surface area (Å²) in [4.78, 5) is 36.2. The molecule has 0 N–H and O–H groups in total. The number of aryl methyl sites for hydroxylation is 2. The largest absolute Gasteiger partial charge is 0.482 e. The van der Waals surface area contributed by atoms with Gasteiger partial charge in [0, 0.05) is 17.5 Å². The number of fused-ring (bicyclic) bond motifs is 1. The molecule has 0 saturated carbocycles. The Balaban J connectivity index is 1.51. The number of hydrogen-bond donors (Lipinski definition) is 0. The van der Waals surface area contributed by atoms with E-state index < -0.39 is 12.1 Å². The standard InChI is InChI=1S/C23H24O5/c1-3-21(24)17-9-11-20(12-10-17)27-14-22(25)28-15(2)23(26)19-8-7-16-5-4-6-18(16)13-19/h7-13,15H,3-6,14H2,1-2H3. The summed E-state index contributed by atoms with van der Waals surface area (Å²) in [6.07, 6.45) is 2.71. The zero-order valence-corrected chi connectivity index (χ0v) is 16.2. The predicted octanol–water partition coefficient (Wildman–Crippen LogP) is 3.96. The first-order chi connectivity index (χ1) is 13.5. The van der Waals surface area contributed by atoms with Crippen LogP contribution in [0.5, 0.6) is 5.75 Å². The Hall–Kier alpha value is -2.95. The van der Waals surface area contributed by atoms with Crippen LogP contribution in [-0.4, -0.2) is 30.2 Å². The van der Waals surface area contributed by atoms with Crippen molar-refractivity contribution in [2.24, 2.45) is 0 Å². The third-order valence-electron chi connectivity index (χ3n) is 4.91. The van der Waals surface area contributed by atoms with Gasteiger partial charge in [0.25, 0.3) is 0 Å². The number of ketones is 2. The van der Waals surface area contributed by atoms with E-state index in [1.807, 2.05) is 12.1 Å². The van der Waals surface area contributed by atoms with E-state index in [0.29, 0.717) is 23.3 Å². The fraction of sp³-hybridized carbons (Fsp3) is 0.348. The molecule has 1 aliphatic carbocycles. The van der Waals surface area contributed by atoms with Gasteiger partial charge in [0.05, 0.1) is 0 Å². The van der Waals surface area contributed by atoms with Crippen LogP contribution in [0.3, 0.4) is 0 Å². The van der Waals surface area contributed by atoms with E-state index in [9.17, 15) is 14.4 Å². The molecule has 0 bridgehead atoms. The number of ether oxygens (including phenoxy) is 2. The van der Waals surface area contributed by atoms with Crippen LogP contribution in [0.1, 0.15) is 58.5 Å². The van der Waals surface area contributed by atoms with Crippen molar-refractivity contribution in [1.82, 2.24) is 0 Å². The Kier molecular flexibility index (Phi) is 6.24. The fourth-order valence-electron chi connectivity index (χ4n) is 3.33. The smallest absolute Gasteiger partial charge is 0.344 e. The van der Waals surface area contributed by atoms with Gasteiger partial charge in [0.2, 0.25) is 5.78 Å². The highest BCUT2D eigenvalue weighted by atomic mass is 16.6. The normalized spacial score (nSPS) is 13.5. The summed E-state index contributed by atoms with van der Waals surface area (Å²) in [6, 6.07) is 12.3. The Morgan fingerprint density at radius 2 is 1.64 bits per heavy atom. The molecule has 0 saturated heterocycles. The van der Waals surface area contributed by atoms with Crippen molar-refractivity contribution >= 4 is 17.5 Å². The molecule has 2 aromatic carbocycles. The van der Waals surface area contributed by atoms with Gasteiger partial charge in [0.15, 0.2) is 18.5 Å². The molecule has 0 spiro atoms. The van der Waals surface area contributed by atoms with Gasteiger partial charge in [-0.1, -0.05) is 19.1 Å². The van der Waals surface area contributed by atoms with E-state index >= 15 is 0 Å². The topological polar surface area (TPSA) is 69.7 Å². The number of esters is 1.